The number of rotatable bonds is 6. The maximum Gasteiger partial charge on any atom is 0.322 e. The molecule has 0 aliphatic heterocycles. The molecular weight excluding hydrogens is 342 g/mol. The van der Waals surface area contributed by atoms with E-state index in [1.807, 2.05) is 4.72 Å². The van der Waals surface area contributed by atoms with Crippen LogP contribution in [0.5, 0.6) is 0 Å². The van der Waals surface area contributed by atoms with Gasteiger partial charge in [0.15, 0.2) is 0 Å². The average molecular weight is 352 g/mol. The smallest absolute Gasteiger partial charge is 0.322 e. The van der Waals surface area contributed by atoms with Crippen LogP contribution in [0.1, 0.15) is 6.42 Å². The van der Waals surface area contributed by atoms with Crippen molar-refractivity contribution in [2.24, 2.45) is 5.73 Å². The molecule has 1 rings (SSSR count). The first-order valence-electron chi connectivity index (χ1n) is 4.86. The lowest BCUT2D eigenvalue weighted by Crippen LogP contribution is -2.43. The van der Waals surface area contributed by atoms with Crippen LogP contribution in [0.4, 0.5) is 0 Å². The van der Waals surface area contributed by atoms with Crippen LogP contribution in [0.25, 0.3) is 0 Å². The quantitative estimate of drug-likeness (QED) is 0.628. The molecule has 1 heterocycles. The Kier molecular flexibility index (Phi) is 4.97. The number of amides is 1. The monoisotopic (exact) mass is 351 g/mol. The van der Waals surface area contributed by atoms with Gasteiger partial charge in [-0.2, -0.15) is 4.72 Å². The summed E-state index contributed by atoms with van der Waals surface area (Å²) in [6.45, 7) is 0. The summed E-state index contributed by atoms with van der Waals surface area (Å²) in [5.41, 5.74) is 4.86. The molecule has 104 valence electrons. The number of aromatic nitrogens is 1. The number of carboxylic acid groups (broad SMARTS) is 1. The standard InChI is InChI=1S/C9H10BrN3O5S/c10-5-1-6(4-12-3-5)19(17,18)13-7(9(15)16)2-8(11)14/h1,3-4,7,13H,2H2,(H2,11,14)(H,15,16)/t7-/m1/s1. The molecule has 0 radical (unpaired) electrons. The first-order chi connectivity index (χ1) is 8.72. The SMILES string of the molecule is NC(=O)C[C@@H](NS(=O)(=O)c1cncc(Br)c1)C(=O)O. The van der Waals surface area contributed by atoms with E-state index in [4.69, 9.17) is 10.8 Å². The van der Waals surface area contributed by atoms with Crippen molar-refractivity contribution in [1.82, 2.24) is 9.71 Å². The Morgan fingerprint density at radius 2 is 2.11 bits per heavy atom. The van der Waals surface area contributed by atoms with Gasteiger partial charge in [-0.1, -0.05) is 0 Å². The van der Waals surface area contributed by atoms with E-state index < -0.39 is 34.4 Å². The lowest BCUT2D eigenvalue weighted by atomic mass is 10.2. The number of nitrogens with zero attached hydrogens (tertiary/aromatic N) is 1. The molecule has 1 aromatic rings. The van der Waals surface area contributed by atoms with Crippen LogP contribution in [0.15, 0.2) is 27.8 Å². The molecule has 1 aromatic heterocycles. The number of carboxylic acids is 1. The van der Waals surface area contributed by atoms with E-state index in [2.05, 4.69) is 20.9 Å². The Morgan fingerprint density at radius 3 is 2.58 bits per heavy atom. The van der Waals surface area contributed by atoms with Gasteiger partial charge in [0.2, 0.25) is 15.9 Å². The second kappa shape index (κ2) is 6.08. The summed E-state index contributed by atoms with van der Waals surface area (Å²) in [5, 5.41) is 8.83. The summed E-state index contributed by atoms with van der Waals surface area (Å²) in [7, 11) is -4.10. The molecule has 1 amide bonds. The number of primary amides is 1. The lowest BCUT2D eigenvalue weighted by Gasteiger charge is -2.13. The van der Waals surface area contributed by atoms with Crippen LogP contribution in [-0.4, -0.2) is 36.4 Å². The Balaban J connectivity index is 3.00. The van der Waals surface area contributed by atoms with Crippen molar-refractivity contribution in [1.29, 1.82) is 0 Å². The number of aliphatic carboxylic acids is 1. The Bertz CT molecular complexity index is 604. The van der Waals surface area contributed by atoms with Crippen molar-refractivity contribution in [2.75, 3.05) is 0 Å². The maximum absolute atomic E-state index is 11.9. The summed E-state index contributed by atoms with van der Waals surface area (Å²) < 4.78 is 26.1. The molecule has 10 heteroatoms. The Morgan fingerprint density at radius 1 is 1.47 bits per heavy atom. The molecule has 0 saturated heterocycles. The zero-order valence-corrected chi connectivity index (χ0v) is 11.8. The Hall–Kier alpha value is -1.52. The van der Waals surface area contributed by atoms with Gasteiger partial charge < -0.3 is 10.8 Å². The van der Waals surface area contributed by atoms with E-state index in [9.17, 15) is 18.0 Å². The highest BCUT2D eigenvalue weighted by Gasteiger charge is 2.27. The third kappa shape index (κ3) is 4.58. The summed E-state index contributed by atoms with van der Waals surface area (Å²) in [6.07, 6.45) is 1.78. The molecule has 0 spiro atoms. The molecular formula is C9H10BrN3O5S. The number of hydrogen-bond donors (Lipinski definition) is 3. The molecule has 4 N–H and O–H groups in total. The minimum Gasteiger partial charge on any atom is -0.480 e. The molecule has 0 saturated carbocycles. The second-order valence-corrected chi connectivity index (χ2v) is 6.15. The molecule has 0 bridgehead atoms. The van der Waals surface area contributed by atoms with E-state index in [1.54, 1.807) is 0 Å². The topological polar surface area (TPSA) is 139 Å². The molecule has 0 unspecified atom stereocenters. The number of nitrogens with two attached hydrogens (primary N) is 1. The molecule has 8 nitrogen and oxygen atoms in total. The molecule has 0 aliphatic rings. The largest absolute Gasteiger partial charge is 0.480 e. The second-order valence-electron chi connectivity index (χ2n) is 3.52. The number of carbonyl (C=O) groups excluding carboxylic acids is 1. The molecule has 19 heavy (non-hydrogen) atoms. The van der Waals surface area contributed by atoms with Crippen LogP contribution in [0.2, 0.25) is 0 Å². The predicted octanol–water partition coefficient (Wildman–Crippen LogP) is -0.549. The van der Waals surface area contributed by atoms with Crippen molar-refractivity contribution in [3.63, 3.8) is 0 Å². The first-order valence-corrected chi connectivity index (χ1v) is 7.14. The number of hydrogen-bond acceptors (Lipinski definition) is 5. The zero-order chi connectivity index (χ0) is 14.6. The molecule has 0 aliphatic carbocycles. The van der Waals surface area contributed by atoms with Gasteiger partial charge in [-0.15, -0.1) is 0 Å². The number of carbonyl (C=O) groups is 2. The van der Waals surface area contributed by atoms with Crippen molar-refractivity contribution < 1.29 is 23.1 Å². The minimum atomic E-state index is -4.10. The first kappa shape index (κ1) is 15.5. The van der Waals surface area contributed by atoms with E-state index >= 15 is 0 Å². The number of sulfonamides is 1. The molecule has 0 aromatic carbocycles. The number of pyridine rings is 1. The summed E-state index contributed by atoms with van der Waals surface area (Å²) >= 11 is 3.04. The van der Waals surface area contributed by atoms with E-state index in [0.717, 1.165) is 6.20 Å². The van der Waals surface area contributed by atoms with Crippen LogP contribution in [-0.2, 0) is 19.6 Å². The van der Waals surface area contributed by atoms with Crippen LogP contribution in [0, 0.1) is 0 Å². The summed E-state index contributed by atoms with van der Waals surface area (Å²) in [6, 6.07) is -0.375. The van der Waals surface area contributed by atoms with Gasteiger partial charge in [0.1, 0.15) is 10.9 Å². The number of nitrogens with one attached hydrogen (secondary N) is 1. The molecule has 0 fully saturated rings. The van der Waals surface area contributed by atoms with Gasteiger partial charge in [-0.25, -0.2) is 8.42 Å². The number of halogens is 1. The van der Waals surface area contributed by atoms with Crippen LogP contribution < -0.4 is 10.5 Å². The van der Waals surface area contributed by atoms with Crippen molar-refractivity contribution in [2.45, 2.75) is 17.4 Å². The normalized spacial score (nSPS) is 12.9. The fourth-order valence-electron chi connectivity index (χ4n) is 1.18. The summed E-state index contributed by atoms with van der Waals surface area (Å²) in [4.78, 5) is 25.0. The predicted molar refractivity (Wildman–Crippen MR) is 67.5 cm³/mol. The fourth-order valence-corrected chi connectivity index (χ4v) is 2.87. The third-order valence-electron chi connectivity index (χ3n) is 1.99. The van der Waals surface area contributed by atoms with Gasteiger partial charge in [0.25, 0.3) is 0 Å². The highest BCUT2D eigenvalue weighted by molar-refractivity contribution is 9.10. The van der Waals surface area contributed by atoms with Gasteiger partial charge in [-0.3, -0.25) is 14.6 Å². The van der Waals surface area contributed by atoms with E-state index in [1.165, 1.54) is 12.3 Å². The van der Waals surface area contributed by atoms with Crippen molar-refractivity contribution >= 4 is 37.8 Å². The minimum absolute atomic E-state index is 0.224. The highest BCUT2D eigenvalue weighted by atomic mass is 79.9. The van der Waals surface area contributed by atoms with Crippen LogP contribution >= 0.6 is 15.9 Å². The third-order valence-corrected chi connectivity index (χ3v) is 3.86. The van der Waals surface area contributed by atoms with Gasteiger partial charge in [0.05, 0.1) is 6.42 Å². The van der Waals surface area contributed by atoms with Gasteiger partial charge in [-0.05, 0) is 22.0 Å². The van der Waals surface area contributed by atoms with E-state index in [-0.39, 0.29) is 4.90 Å². The zero-order valence-electron chi connectivity index (χ0n) is 9.41. The van der Waals surface area contributed by atoms with Gasteiger partial charge in [0, 0.05) is 16.9 Å². The maximum atomic E-state index is 11.9. The summed E-state index contributed by atoms with van der Waals surface area (Å²) in [5.74, 6) is -2.42. The van der Waals surface area contributed by atoms with Gasteiger partial charge >= 0.3 is 5.97 Å². The van der Waals surface area contributed by atoms with Crippen LogP contribution in [0.3, 0.4) is 0 Å². The molecule has 1 atom stereocenters. The average Bonchev–Trinajstić information content (AvgIpc) is 2.27. The highest BCUT2D eigenvalue weighted by Crippen LogP contribution is 2.14. The fraction of sp³-hybridized carbons (Fsp3) is 0.222. The van der Waals surface area contributed by atoms with Crippen molar-refractivity contribution in [3.05, 3.63) is 22.9 Å². The Labute approximate surface area is 117 Å². The van der Waals surface area contributed by atoms with Crippen molar-refractivity contribution in [3.8, 4) is 0 Å². The lowest BCUT2D eigenvalue weighted by molar-refractivity contribution is -0.140. The van der Waals surface area contributed by atoms with E-state index in [0.29, 0.717) is 4.47 Å².